The van der Waals surface area contributed by atoms with Crippen LogP contribution in [-0.2, 0) is 11.0 Å². The van der Waals surface area contributed by atoms with Crippen LogP contribution in [0.4, 0.5) is 18.9 Å². The van der Waals surface area contributed by atoms with Crippen LogP contribution in [0.2, 0.25) is 0 Å². The predicted octanol–water partition coefficient (Wildman–Crippen LogP) is 3.54. The monoisotopic (exact) mass is 275 g/mol. The molecule has 1 N–H and O–H groups in total. The lowest BCUT2D eigenvalue weighted by atomic mass is 10.1. The number of nitrogens with one attached hydrogen (secondary N) is 1. The number of hydrogen-bond acceptors (Lipinski definition) is 2. The molecule has 0 aliphatic carbocycles. The number of carbonyl (C=O) groups is 1. The summed E-state index contributed by atoms with van der Waals surface area (Å²) in [6.07, 6.45) is -2.79. The third-order valence-corrected chi connectivity index (χ3v) is 4.09. The van der Waals surface area contributed by atoms with E-state index in [1.807, 2.05) is 0 Å². The number of hydrogen-bond donors (Lipinski definition) is 1. The van der Waals surface area contributed by atoms with E-state index in [4.69, 9.17) is 0 Å². The molecule has 1 aliphatic rings. The first kappa shape index (κ1) is 13.3. The second kappa shape index (κ2) is 5.22. The fourth-order valence-corrected chi connectivity index (χ4v) is 3.00. The zero-order valence-corrected chi connectivity index (χ0v) is 10.3. The highest BCUT2D eigenvalue weighted by molar-refractivity contribution is 8.00. The number of carbonyl (C=O) groups excluding carboxylic acids is 1. The van der Waals surface area contributed by atoms with Gasteiger partial charge in [-0.15, -0.1) is 11.8 Å². The zero-order chi connectivity index (χ0) is 13.2. The van der Waals surface area contributed by atoms with E-state index in [9.17, 15) is 18.0 Å². The standard InChI is InChI=1S/C12H12F3NOS/c13-12(14,15)8-4-1-2-5-9(8)16-11(17)10-6-3-7-18-10/h1-2,4-5,10H,3,6-7H2,(H,16,17). The summed E-state index contributed by atoms with van der Waals surface area (Å²) in [5, 5.41) is 2.15. The minimum Gasteiger partial charge on any atom is -0.325 e. The predicted molar refractivity (Wildman–Crippen MR) is 65.6 cm³/mol. The van der Waals surface area contributed by atoms with Gasteiger partial charge in [-0.3, -0.25) is 4.79 Å². The van der Waals surface area contributed by atoms with Gasteiger partial charge in [-0.05, 0) is 30.7 Å². The fraction of sp³-hybridized carbons (Fsp3) is 0.417. The summed E-state index contributed by atoms with van der Waals surface area (Å²) in [6.45, 7) is 0. The number of halogens is 3. The van der Waals surface area contributed by atoms with E-state index >= 15 is 0 Å². The topological polar surface area (TPSA) is 29.1 Å². The number of thioether (sulfide) groups is 1. The van der Waals surface area contributed by atoms with Crippen LogP contribution in [0.25, 0.3) is 0 Å². The number of para-hydroxylation sites is 1. The maximum atomic E-state index is 12.7. The van der Waals surface area contributed by atoms with Gasteiger partial charge < -0.3 is 5.32 Å². The van der Waals surface area contributed by atoms with Gasteiger partial charge in [-0.1, -0.05) is 12.1 Å². The molecule has 1 fully saturated rings. The second-order valence-corrected chi connectivity index (χ2v) is 5.34. The van der Waals surface area contributed by atoms with E-state index < -0.39 is 11.7 Å². The van der Waals surface area contributed by atoms with Gasteiger partial charge in [0, 0.05) is 0 Å². The van der Waals surface area contributed by atoms with Crippen LogP contribution in [0.5, 0.6) is 0 Å². The van der Waals surface area contributed by atoms with Crippen molar-refractivity contribution in [3.63, 3.8) is 0 Å². The summed E-state index contributed by atoms with van der Waals surface area (Å²) in [7, 11) is 0. The van der Waals surface area contributed by atoms with Crippen LogP contribution < -0.4 is 5.32 Å². The van der Waals surface area contributed by atoms with Crippen molar-refractivity contribution in [2.75, 3.05) is 11.1 Å². The lowest BCUT2D eigenvalue weighted by molar-refractivity contribution is -0.137. The van der Waals surface area contributed by atoms with Crippen LogP contribution in [0.3, 0.4) is 0 Å². The van der Waals surface area contributed by atoms with Gasteiger partial charge in [0.25, 0.3) is 0 Å². The Kier molecular flexibility index (Phi) is 3.85. The minimum absolute atomic E-state index is 0.164. The molecule has 2 nitrogen and oxygen atoms in total. The van der Waals surface area contributed by atoms with Gasteiger partial charge >= 0.3 is 6.18 Å². The van der Waals surface area contributed by atoms with Crippen LogP contribution in [0.15, 0.2) is 24.3 Å². The molecule has 2 rings (SSSR count). The second-order valence-electron chi connectivity index (χ2n) is 4.03. The normalized spacial score (nSPS) is 19.8. The molecular formula is C12H12F3NOS. The highest BCUT2D eigenvalue weighted by Crippen LogP contribution is 2.35. The molecule has 98 valence electrons. The first-order valence-electron chi connectivity index (χ1n) is 5.57. The number of benzene rings is 1. The molecule has 1 aliphatic heterocycles. The lowest BCUT2D eigenvalue weighted by Crippen LogP contribution is -2.24. The Morgan fingerprint density at radius 1 is 1.33 bits per heavy atom. The van der Waals surface area contributed by atoms with Gasteiger partial charge in [0.2, 0.25) is 5.91 Å². The number of alkyl halides is 3. The average Bonchev–Trinajstić information content (AvgIpc) is 2.81. The molecule has 1 amide bonds. The van der Waals surface area contributed by atoms with E-state index in [0.717, 1.165) is 24.7 Å². The maximum Gasteiger partial charge on any atom is 0.418 e. The lowest BCUT2D eigenvalue weighted by Gasteiger charge is -2.15. The number of anilines is 1. The first-order valence-corrected chi connectivity index (χ1v) is 6.62. The van der Waals surface area contributed by atoms with Gasteiger partial charge in [0.1, 0.15) is 0 Å². The molecule has 0 saturated carbocycles. The van der Waals surface area contributed by atoms with Gasteiger partial charge in [-0.2, -0.15) is 13.2 Å². The Labute approximate surface area is 107 Å². The van der Waals surface area contributed by atoms with Crippen molar-refractivity contribution in [3.8, 4) is 0 Å². The smallest absolute Gasteiger partial charge is 0.325 e. The molecule has 0 spiro atoms. The third-order valence-electron chi connectivity index (χ3n) is 2.71. The summed E-state index contributed by atoms with van der Waals surface area (Å²) in [4.78, 5) is 11.8. The van der Waals surface area contributed by atoms with Crippen LogP contribution in [-0.4, -0.2) is 16.9 Å². The number of amides is 1. The van der Waals surface area contributed by atoms with E-state index in [1.165, 1.54) is 30.0 Å². The van der Waals surface area contributed by atoms with E-state index in [0.29, 0.717) is 0 Å². The maximum absolute atomic E-state index is 12.7. The van der Waals surface area contributed by atoms with Crippen molar-refractivity contribution in [3.05, 3.63) is 29.8 Å². The average molecular weight is 275 g/mol. The molecule has 18 heavy (non-hydrogen) atoms. The highest BCUT2D eigenvalue weighted by Gasteiger charge is 2.34. The van der Waals surface area contributed by atoms with Crippen molar-refractivity contribution in [2.45, 2.75) is 24.3 Å². The largest absolute Gasteiger partial charge is 0.418 e. The summed E-state index contributed by atoms with van der Waals surface area (Å²) >= 11 is 1.49. The Balaban J connectivity index is 2.16. The summed E-state index contributed by atoms with van der Waals surface area (Å²) < 4.78 is 38.2. The molecule has 1 aromatic carbocycles. The van der Waals surface area contributed by atoms with Gasteiger partial charge in [0.15, 0.2) is 0 Å². The van der Waals surface area contributed by atoms with Crippen molar-refractivity contribution in [2.24, 2.45) is 0 Å². The molecule has 0 bridgehead atoms. The van der Waals surface area contributed by atoms with Crippen molar-refractivity contribution in [1.29, 1.82) is 0 Å². The van der Waals surface area contributed by atoms with Crippen LogP contribution >= 0.6 is 11.8 Å². The molecule has 1 unspecified atom stereocenters. The van der Waals surface area contributed by atoms with Gasteiger partial charge in [0.05, 0.1) is 16.5 Å². The fourth-order valence-electron chi connectivity index (χ4n) is 1.84. The quantitative estimate of drug-likeness (QED) is 0.894. The van der Waals surface area contributed by atoms with E-state index in [2.05, 4.69) is 5.32 Å². The molecule has 1 atom stereocenters. The Hall–Kier alpha value is -1.17. The third kappa shape index (κ3) is 2.98. The first-order chi connectivity index (χ1) is 8.48. The molecule has 1 saturated heterocycles. The summed E-state index contributed by atoms with van der Waals surface area (Å²) in [6, 6.07) is 5.03. The molecule has 6 heteroatoms. The Morgan fingerprint density at radius 2 is 2.06 bits per heavy atom. The zero-order valence-electron chi connectivity index (χ0n) is 9.46. The molecular weight excluding hydrogens is 263 g/mol. The van der Waals surface area contributed by atoms with E-state index in [-0.39, 0.29) is 16.8 Å². The summed E-state index contributed by atoms with van der Waals surface area (Å²) in [5.41, 5.74) is -0.969. The molecule has 1 aromatic rings. The van der Waals surface area contributed by atoms with Crippen LogP contribution in [0.1, 0.15) is 18.4 Å². The SMILES string of the molecule is O=C(Nc1ccccc1C(F)(F)F)C1CCCS1. The molecule has 1 heterocycles. The Bertz CT molecular complexity index is 441. The summed E-state index contributed by atoms with van der Waals surface area (Å²) in [5.74, 6) is 0.549. The minimum atomic E-state index is -4.45. The molecule has 0 aromatic heterocycles. The number of rotatable bonds is 2. The van der Waals surface area contributed by atoms with Crippen molar-refractivity contribution in [1.82, 2.24) is 0 Å². The van der Waals surface area contributed by atoms with Gasteiger partial charge in [-0.25, -0.2) is 0 Å². The van der Waals surface area contributed by atoms with Crippen molar-refractivity contribution < 1.29 is 18.0 Å². The van der Waals surface area contributed by atoms with Crippen molar-refractivity contribution >= 4 is 23.4 Å². The van der Waals surface area contributed by atoms with E-state index in [1.54, 1.807) is 0 Å². The Morgan fingerprint density at radius 3 is 2.67 bits per heavy atom. The highest BCUT2D eigenvalue weighted by atomic mass is 32.2. The molecule has 0 radical (unpaired) electrons. The van der Waals surface area contributed by atoms with Crippen LogP contribution in [0, 0.1) is 0 Å².